The summed E-state index contributed by atoms with van der Waals surface area (Å²) in [6.45, 7) is 1.94. The van der Waals surface area contributed by atoms with Crippen molar-refractivity contribution in [3.8, 4) is 11.3 Å². The highest BCUT2D eigenvalue weighted by Crippen LogP contribution is 2.34. The maximum absolute atomic E-state index is 13.3. The molecule has 6 heteroatoms. The van der Waals surface area contributed by atoms with Crippen molar-refractivity contribution in [2.45, 2.75) is 55.3 Å². The van der Waals surface area contributed by atoms with Crippen LogP contribution in [0.15, 0.2) is 53.6 Å². The van der Waals surface area contributed by atoms with Gasteiger partial charge in [-0.2, -0.15) is 0 Å². The Labute approximate surface area is 180 Å². The van der Waals surface area contributed by atoms with E-state index in [1.165, 1.54) is 43.2 Å². The lowest BCUT2D eigenvalue weighted by molar-refractivity contribution is -0.131. The molecule has 30 heavy (non-hydrogen) atoms. The van der Waals surface area contributed by atoms with Crippen molar-refractivity contribution in [2.24, 2.45) is 0 Å². The molecule has 0 spiro atoms. The van der Waals surface area contributed by atoms with E-state index in [9.17, 15) is 9.18 Å². The van der Waals surface area contributed by atoms with Crippen LogP contribution in [0.4, 0.5) is 4.39 Å². The number of halogens is 1. The van der Waals surface area contributed by atoms with Crippen LogP contribution in [0.25, 0.3) is 22.0 Å². The summed E-state index contributed by atoms with van der Waals surface area (Å²) in [6.07, 6.45) is 5.85. The Morgan fingerprint density at radius 3 is 2.40 bits per heavy atom. The van der Waals surface area contributed by atoms with Gasteiger partial charge in [0, 0.05) is 29.4 Å². The third-order valence-electron chi connectivity index (χ3n) is 5.88. The lowest BCUT2D eigenvalue weighted by Gasteiger charge is -2.32. The number of nitrogens with zero attached hydrogens (tertiary/aromatic N) is 3. The van der Waals surface area contributed by atoms with Crippen LogP contribution in [0.2, 0.25) is 0 Å². The Morgan fingerprint density at radius 1 is 1.03 bits per heavy atom. The summed E-state index contributed by atoms with van der Waals surface area (Å²) in [5.74, 6) is -0.141. The molecule has 156 valence electrons. The number of hydrogen-bond donors (Lipinski definition) is 0. The standard InChI is InChI=1S/C24H26FN3OS/c1-16(24(29)28(2)19-8-4-3-5-9-19)30-23-21-11-7-6-10-20(21)22(26-27-23)17-12-14-18(25)15-13-17/h6-7,10-16,19H,3-5,8-9H2,1-2H3. The molecule has 0 N–H and O–H groups in total. The zero-order valence-electron chi connectivity index (χ0n) is 17.3. The first-order chi connectivity index (χ1) is 14.5. The zero-order valence-corrected chi connectivity index (χ0v) is 18.2. The summed E-state index contributed by atoms with van der Waals surface area (Å²) < 4.78 is 13.3. The monoisotopic (exact) mass is 423 g/mol. The second-order valence-electron chi connectivity index (χ2n) is 7.91. The van der Waals surface area contributed by atoms with Gasteiger partial charge in [0.2, 0.25) is 5.91 Å². The van der Waals surface area contributed by atoms with Crippen molar-refractivity contribution in [3.05, 3.63) is 54.3 Å². The van der Waals surface area contributed by atoms with Crippen molar-refractivity contribution in [2.75, 3.05) is 7.05 Å². The van der Waals surface area contributed by atoms with Gasteiger partial charge in [-0.3, -0.25) is 4.79 Å². The fourth-order valence-electron chi connectivity index (χ4n) is 4.14. The predicted molar refractivity (Wildman–Crippen MR) is 120 cm³/mol. The van der Waals surface area contributed by atoms with Gasteiger partial charge in [0.15, 0.2) is 0 Å². The molecule has 1 atom stereocenters. The number of carbonyl (C=O) groups excluding carboxylic acids is 1. The van der Waals surface area contributed by atoms with Gasteiger partial charge in [-0.25, -0.2) is 4.39 Å². The third kappa shape index (κ3) is 4.33. The van der Waals surface area contributed by atoms with Crippen LogP contribution in [0.3, 0.4) is 0 Å². The molecule has 1 aliphatic carbocycles. The number of fused-ring (bicyclic) bond motifs is 1. The molecule has 4 nitrogen and oxygen atoms in total. The number of hydrogen-bond acceptors (Lipinski definition) is 4. The molecule has 0 radical (unpaired) electrons. The SMILES string of the molecule is CC(Sc1nnc(-c2ccc(F)cc2)c2ccccc12)C(=O)N(C)C1CCCCC1. The average Bonchev–Trinajstić information content (AvgIpc) is 2.79. The second kappa shape index (κ2) is 9.13. The van der Waals surface area contributed by atoms with Gasteiger partial charge in [-0.15, -0.1) is 10.2 Å². The molecule has 0 saturated heterocycles. The van der Waals surface area contributed by atoms with Gasteiger partial charge in [-0.05, 0) is 44.0 Å². The van der Waals surface area contributed by atoms with Gasteiger partial charge in [0.25, 0.3) is 0 Å². The minimum absolute atomic E-state index is 0.139. The van der Waals surface area contributed by atoms with E-state index in [-0.39, 0.29) is 17.0 Å². The molecule has 1 unspecified atom stereocenters. The van der Waals surface area contributed by atoms with Gasteiger partial charge < -0.3 is 4.90 Å². The van der Waals surface area contributed by atoms with Crippen LogP contribution in [0.1, 0.15) is 39.0 Å². The number of benzene rings is 2. The Morgan fingerprint density at radius 2 is 1.70 bits per heavy atom. The minimum atomic E-state index is -0.280. The maximum atomic E-state index is 13.3. The summed E-state index contributed by atoms with van der Waals surface area (Å²) >= 11 is 1.46. The van der Waals surface area contributed by atoms with E-state index in [2.05, 4.69) is 10.2 Å². The van der Waals surface area contributed by atoms with Gasteiger partial charge in [0.1, 0.15) is 16.5 Å². The highest BCUT2D eigenvalue weighted by atomic mass is 32.2. The molecule has 3 aromatic rings. The normalized spacial score (nSPS) is 15.8. The van der Waals surface area contributed by atoms with Crippen LogP contribution >= 0.6 is 11.8 Å². The predicted octanol–water partition coefficient (Wildman–Crippen LogP) is 5.71. The van der Waals surface area contributed by atoms with Crippen LogP contribution < -0.4 is 0 Å². The van der Waals surface area contributed by atoms with Crippen molar-refractivity contribution < 1.29 is 9.18 Å². The van der Waals surface area contributed by atoms with Crippen LogP contribution in [0, 0.1) is 5.82 Å². The zero-order chi connectivity index (χ0) is 21.1. The first-order valence-electron chi connectivity index (χ1n) is 10.5. The van der Waals surface area contributed by atoms with E-state index in [1.54, 1.807) is 12.1 Å². The Hall–Kier alpha value is -2.47. The van der Waals surface area contributed by atoms with Crippen LogP contribution in [-0.2, 0) is 4.79 Å². The van der Waals surface area contributed by atoms with Crippen molar-refractivity contribution in [3.63, 3.8) is 0 Å². The first-order valence-corrected chi connectivity index (χ1v) is 11.4. The van der Waals surface area contributed by atoms with E-state index in [1.807, 2.05) is 43.1 Å². The fourth-order valence-corrected chi connectivity index (χ4v) is 5.14. The lowest BCUT2D eigenvalue weighted by atomic mass is 9.94. The fraction of sp³-hybridized carbons (Fsp3) is 0.375. The molecule has 1 heterocycles. The van der Waals surface area contributed by atoms with Gasteiger partial charge in [-0.1, -0.05) is 55.3 Å². The third-order valence-corrected chi connectivity index (χ3v) is 6.96. The minimum Gasteiger partial charge on any atom is -0.342 e. The smallest absolute Gasteiger partial charge is 0.235 e. The number of rotatable bonds is 5. The molecular formula is C24H26FN3OS. The Bertz CT molecular complexity index is 1030. The van der Waals surface area contributed by atoms with Gasteiger partial charge >= 0.3 is 0 Å². The summed E-state index contributed by atoms with van der Waals surface area (Å²) in [5.41, 5.74) is 1.53. The molecule has 1 fully saturated rings. The highest BCUT2D eigenvalue weighted by Gasteiger charge is 2.27. The van der Waals surface area contributed by atoms with E-state index < -0.39 is 0 Å². The summed E-state index contributed by atoms with van der Waals surface area (Å²) in [5, 5.41) is 11.3. The van der Waals surface area contributed by atoms with Crippen LogP contribution in [-0.4, -0.2) is 39.3 Å². The Kier molecular flexibility index (Phi) is 6.32. The maximum Gasteiger partial charge on any atom is 0.235 e. The number of aromatic nitrogens is 2. The van der Waals surface area contributed by atoms with Crippen molar-refractivity contribution in [1.29, 1.82) is 0 Å². The summed E-state index contributed by atoms with van der Waals surface area (Å²) in [6, 6.07) is 14.5. The molecule has 2 aromatic carbocycles. The molecule has 4 rings (SSSR count). The van der Waals surface area contributed by atoms with Crippen molar-refractivity contribution >= 4 is 28.4 Å². The lowest BCUT2D eigenvalue weighted by Crippen LogP contribution is -2.42. The summed E-state index contributed by atoms with van der Waals surface area (Å²) in [7, 11) is 1.93. The average molecular weight is 424 g/mol. The molecule has 0 bridgehead atoms. The molecule has 1 saturated carbocycles. The molecular weight excluding hydrogens is 397 g/mol. The molecule has 1 aromatic heterocycles. The molecule has 1 aliphatic rings. The largest absolute Gasteiger partial charge is 0.342 e. The molecule has 0 aliphatic heterocycles. The van der Waals surface area contributed by atoms with Gasteiger partial charge in [0.05, 0.1) is 5.25 Å². The second-order valence-corrected chi connectivity index (χ2v) is 9.24. The molecule has 1 amide bonds. The first kappa shape index (κ1) is 20.8. The number of carbonyl (C=O) groups is 1. The van der Waals surface area contributed by atoms with Crippen LogP contribution in [0.5, 0.6) is 0 Å². The van der Waals surface area contributed by atoms with E-state index in [0.717, 1.165) is 34.2 Å². The number of amides is 1. The quantitative estimate of drug-likeness (QED) is 0.493. The highest BCUT2D eigenvalue weighted by molar-refractivity contribution is 8.00. The summed E-state index contributed by atoms with van der Waals surface area (Å²) in [4.78, 5) is 15.0. The van der Waals surface area contributed by atoms with E-state index >= 15 is 0 Å². The number of thioether (sulfide) groups is 1. The van der Waals surface area contributed by atoms with Crippen molar-refractivity contribution in [1.82, 2.24) is 15.1 Å². The van der Waals surface area contributed by atoms with E-state index in [4.69, 9.17) is 0 Å². The Balaban J connectivity index is 1.59. The van der Waals surface area contributed by atoms with E-state index in [0.29, 0.717) is 11.7 Å². The topological polar surface area (TPSA) is 46.1 Å².